The highest BCUT2D eigenvalue weighted by molar-refractivity contribution is 5.61. The van der Waals surface area contributed by atoms with Crippen molar-refractivity contribution in [1.82, 2.24) is 4.90 Å². The first-order valence-electron chi connectivity index (χ1n) is 3.47. The normalized spacial score (nSPS) is 17.1. The van der Waals surface area contributed by atoms with Gasteiger partial charge in [-0.05, 0) is 6.92 Å². The zero-order chi connectivity index (χ0) is 7.23. The summed E-state index contributed by atoms with van der Waals surface area (Å²) >= 11 is 0. The Kier molecular flexibility index (Phi) is 2.74. The maximum Gasteiger partial charge on any atom is 0.0530 e. The van der Waals surface area contributed by atoms with Crippen molar-refractivity contribution in [2.45, 2.75) is 6.92 Å². The zero-order valence-electron chi connectivity index (χ0n) is 6.20. The van der Waals surface area contributed by atoms with E-state index in [2.05, 4.69) is 22.0 Å². The lowest BCUT2D eigenvalue weighted by Crippen LogP contribution is -2.21. The van der Waals surface area contributed by atoms with Crippen molar-refractivity contribution in [3.8, 4) is 0 Å². The molecule has 1 rings (SSSR count). The molecule has 0 aromatic carbocycles. The third-order valence-electron chi connectivity index (χ3n) is 1.36. The van der Waals surface area contributed by atoms with E-state index in [1.165, 1.54) is 0 Å². The Morgan fingerprint density at radius 3 is 3.20 bits per heavy atom. The molecule has 0 radical (unpaired) electrons. The summed E-state index contributed by atoms with van der Waals surface area (Å²) in [4.78, 5) is 6.15. The standard InChI is InChI=1S/C8H12N2/c1-2-3-6-10-7-4-9-5-8-10/h2-5,7H,6,8H2,1H3. The lowest BCUT2D eigenvalue weighted by molar-refractivity contribution is 0.472. The van der Waals surface area contributed by atoms with Crippen molar-refractivity contribution >= 4 is 6.21 Å². The molecule has 2 nitrogen and oxygen atoms in total. The summed E-state index contributed by atoms with van der Waals surface area (Å²) in [6.45, 7) is 3.95. The third-order valence-corrected chi connectivity index (χ3v) is 1.36. The van der Waals surface area contributed by atoms with Crippen LogP contribution in [0.4, 0.5) is 0 Å². The number of hydrogen-bond donors (Lipinski definition) is 0. The fraction of sp³-hybridized carbons (Fsp3) is 0.375. The molecule has 0 N–H and O–H groups in total. The van der Waals surface area contributed by atoms with Gasteiger partial charge in [0.2, 0.25) is 0 Å². The first-order valence-corrected chi connectivity index (χ1v) is 3.47. The van der Waals surface area contributed by atoms with Gasteiger partial charge in [-0.15, -0.1) is 0 Å². The Bertz CT molecular complexity index is 168. The smallest absolute Gasteiger partial charge is 0.0530 e. The Hall–Kier alpha value is -1.05. The molecule has 1 aliphatic rings. The molecule has 0 saturated carbocycles. The van der Waals surface area contributed by atoms with E-state index >= 15 is 0 Å². The van der Waals surface area contributed by atoms with Crippen molar-refractivity contribution in [3.63, 3.8) is 0 Å². The van der Waals surface area contributed by atoms with Crippen LogP contribution in [-0.4, -0.2) is 24.2 Å². The van der Waals surface area contributed by atoms with Crippen molar-refractivity contribution in [2.24, 2.45) is 4.99 Å². The maximum absolute atomic E-state index is 3.96. The van der Waals surface area contributed by atoms with E-state index in [0.717, 1.165) is 13.1 Å². The fourth-order valence-electron chi connectivity index (χ4n) is 0.783. The number of allylic oxidation sites excluding steroid dienone is 1. The molecule has 0 saturated heterocycles. The monoisotopic (exact) mass is 136 g/mol. The van der Waals surface area contributed by atoms with Gasteiger partial charge in [0.25, 0.3) is 0 Å². The SMILES string of the molecule is CC=CCN1C=CN=CC1. The van der Waals surface area contributed by atoms with Crippen molar-refractivity contribution in [2.75, 3.05) is 13.1 Å². The summed E-state index contributed by atoms with van der Waals surface area (Å²) in [6.07, 6.45) is 9.90. The number of aliphatic imine (C=N–C) groups is 1. The molecule has 0 unspecified atom stereocenters. The van der Waals surface area contributed by atoms with Gasteiger partial charge in [0.1, 0.15) is 0 Å². The van der Waals surface area contributed by atoms with Crippen LogP contribution < -0.4 is 0 Å². The van der Waals surface area contributed by atoms with Crippen LogP contribution in [0.5, 0.6) is 0 Å². The van der Waals surface area contributed by atoms with Crippen molar-refractivity contribution in [3.05, 3.63) is 24.6 Å². The molecule has 0 bridgehead atoms. The van der Waals surface area contributed by atoms with Crippen molar-refractivity contribution < 1.29 is 0 Å². The quantitative estimate of drug-likeness (QED) is 0.524. The van der Waals surface area contributed by atoms with E-state index in [9.17, 15) is 0 Å². The summed E-state index contributed by atoms with van der Waals surface area (Å²) in [6, 6.07) is 0. The molecule has 1 aliphatic heterocycles. The van der Waals surface area contributed by atoms with Crippen molar-refractivity contribution in [1.29, 1.82) is 0 Å². The molecule has 0 spiro atoms. The first kappa shape index (κ1) is 7.06. The largest absolute Gasteiger partial charge is 0.367 e. The van der Waals surface area contributed by atoms with Gasteiger partial charge in [-0.3, -0.25) is 4.99 Å². The third kappa shape index (κ3) is 2.05. The van der Waals surface area contributed by atoms with Gasteiger partial charge in [0, 0.05) is 25.2 Å². The summed E-state index contributed by atoms with van der Waals surface area (Å²) < 4.78 is 0. The molecule has 0 aromatic heterocycles. The lowest BCUT2D eigenvalue weighted by atomic mass is 10.4. The van der Waals surface area contributed by atoms with Gasteiger partial charge in [0.15, 0.2) is 0 Å². The van der Waals surface area contributed by atoms with Crippen LogP contribution in [0.3, 0.4) is 0 Å². The van der Waals surface area contributed by atoms with Gasteiger partial charge >= 0.3 is 0 Å². The highest BCUT2D eigenvalue weighted by atomic mass is 15.1. The number of nitrogens with zero attached hydrogens (tertiary/aromatic N) is 2. The first-order chi connectivity index (χ1) is 4.93. The van der Waals surface area contributed by atoms with E-state index < -0.39 is 0 Å². The summed E-state index contributed by atoms with van der Waals surface area (Å²) in [5.74, 6) is 0. The van der Waals surface area contributed by atoms with Crippen LogP contribution in [0.25, 0.3) is 0 Å². The highest BCUT2D eigenvalue weighted by Crippen LogP contribution is 1.93. The van der Waals surface area contributed by atoms with Gasteiger partial charge in [0.05, 0.1) is 6.54 Å². The molecule has 0 atom stereocenters. The van der Waals surface area contributed by atoms with E-state index in [-0.39, 0.29) is 0 Å². The maximum atomic E-state index is 3.96. The molecular formula is C8H12N2. The molecule has 0 fully saturated rings. The minimum Gasteiger partial charge on any atom is -0.367 e. The lowest BCUT2D eigenvalue weighted by Gasteiger charge is -2.16. The van der Waals surface area contributed by atoms with Crippen LogP contribution in [0, 0.1) is 0 Å². The predicted molar refractivity (Wildman–Crippen MR) is 44.0 cm³/mol. The molecule has 0 aromatic rings. The zero-order valence-corrected chi connectivity index (χ0v) is 6.20. The van der Waals surface area contributed by atoms with E-state index in [0.29, 0.717) is 0 Å². The minimum absolute atomic E-state index is 0.931. The van der Waals surface area contributed by atoms with Gasteiger partial charge < -0.3 is 4.90 Å². The van der Waals surface area contributed by atoms with Crippen LogP contribution in [-0.2, 0) is 0 Å². The van der Waals surface area contributed by atoms with Crippen LogP contribution in [0.1, 0.15) is 6.92 Å². The fourth-order valence-corrected chi connectivity index (χ4v) is 0.783. The average Bonchev–Trinajstić information content (AvgIpc) is 2.03. The molecule has 0 amide bonds. The molecule has 0 aliphatic carbocycles. The molecule has 54 valence electrons. The average molecular weight is 136 g/mol. The van der Waals surface area contributed by atoms with E-state index in [1.807, 2.05) is 25.5 Å². The van der Waals surface area contributed by atoms with Gasteiger partial charge in [-0.1, -0.05) is 12.2 Å². The Labute approximate surface area is 61.6 Å². The topological polar surface area (TPSA) is 15.6 Å². The molecular weight excluding hydrogens is 124 g/mol. The summed E-state index contributed by atoms with van der Waals surface area (Å²) in [5, 5.41) is 0. The molecule has 1 heterocycles. The minimum atomic E-state index is 0.931. The highest BCUT2D eigenvalue weighted by Gasteiger charge is 1.94. The second kappa shape index (κ2) is 3.88. The summed E-state index contributed by atoms with van der Waals surface area (Å²) in [5.41, 5.74) is 0. The van der Waals surface area contributed by atoms with E-state index in [1.54, 1.807) is 0 Å². The second-order valence-corrected chi connectivity index (χ2v) is 2.15. The Balaban J connectivity index is 2.30. The van der Waals surface area contributed by atoms with Crippen LogP contribution in [0.2, 0.25) is 0 Å². The Morgan fingerprint density at radius 1 is 1.70 bits per heavy atom. The van der Waals surface area contributed by atoms with Crippen LogP contribution >= 0.6 is 0 Å². The number of rotatable bonds is 2. The summed E-state index contributed by atoms with van der Waals surface area (Å²) in [7, 11) is 0. The number of hydrogen-bond acceptors (Lipinski definition) is 2. The van der Waals surface area contributed by atoms with Crippen LogP contribution in [0.15, 0.2) is 29.5 Å². The van der Waals surface area contributed by atoms with Gasteiger partial charge in [-0.2, -0.15) is 0 Å². The molecule has 2 heteroatoms. The van der Waals surface area contributed by atoms with E-state index in [4.69, 9.17) is 0 Å². The van der Waals surface area contributed by atoms with Gasteiger partial charge in [-0.25, -0.2) is 0 Å². The molecule has 10 heavy (non-hydrogen) atoms. The second-order valence-electron chi connectivity index (χ2n) is 2.15. The predicted octanol–water partition coefficient (Wildman–Crippen LogP) is 1.42. The Morgan fingerprint density at radius 2 is 2.60 bits per heavy atom.